The number of carbonyl (C=O) groups excluding carboxylic acids is 1. The number of hydrogen-bond donors (Lipinski definition) is 1. The maximum Gasteiger partial charge on any atom is 0.418 e. The highest BCUT2D eigenvalue weighted by Gasteiger charge is 2.35. The lowest BCUT2D eigenvalue weighted by Gasteiger charge is -2.30. The van der Waals surface area contributed by atoms with Crippen molar-refractivity contribution in [1.29, 1.82) is 0 Å². The molecule has 1 aliphatic heterocycles. The van der Waals surface area contributed by atoms with Crippen LogP contribution in [-0.2, 0) is 10.9 Å². The van der Waals surface area contributed by atoms with Crippen LogP contribution in [0.1, 0.15) is 15.9 Å². The monoisotopic (exact) mass is 438 g/mol. The number of carbonyl (C=O) groups is 1. The first kappa shape index (κ1) is 22.3. The molecule has 1 fully saturated rings. The van der Waals surface area contributed by atoms with Crippen LogP contribution in [0.3, 0.4) is 0 Å². The van der Waals surface area contributed by atoms with Crippen molar-refractivity contribution < 1.29 is 27.6 Å². The predicted octanol–water partition coefficient (Wildman–Crippen LogP) is 3.77. The summed E-state index contributed by atoms with van der Waals surface area (Å²) in [5, 5.41) is 13.5. The standard InChI is InChI=1S/C20H21F3N4O4/c1-25(2)13-3-5-17(16(12-13)20(21,22)23)24-19(28)15-11-14(27(29)30)4-6-18(15)26-7-9-31-10-8-26/h3-6,11-12H,7-10H2,1-2H3,(H,24,28). The Morgan fingerprint density at radius 3 is 2.42 bits per heavy atom. The highest BCUT2D eigenvalue weighted by molar-refractivity contribution is 6.09. The van der Waals surface area contributed by atoms with Crippen LogP contribution in [0.15, 0.2) is 36.4 Å². The summed E-state index contributed by atoms with van der Waals surface area (Å²) in [5.74, 6) is -0.867. The van der Waals surface area contributed by atoms with Gasteiger partial charge in [0.1, 0.15) is 0 Å². The van der Waals surface area contributed by atoms with Crippen molar-refractivity contribution in [3.8, 4) is 0 Å². The third-order valence-corrected chi connectivity index (χ3v) is 4.86. The molecule has 1 amide bonds. The van der Waals surface area contributed by atoms with Gasteiger partial charge in [0.15, 0.2) is 0 Å². The molecule has 1 heterocycles. The quantitative estimate of drug-likeness (QED) is 0.565. The number of non-ortho nitro benzene ring substituents is 1. The molecule has 3 rings (SSSR count). The molecule has 0 saturated carbocycles. The number of benzene rings is 2. The van der Waals surface area contributed by atoms with Gasteiger partial charge in [-0.2, -0.15) is 13.2 Å². The summed E-state index contributed by atoms with van der Waals surface area (Å²) in [7, 11) is 3.21. The number of ether oxygens (including phenoxy) is 1. The highest BCUT2D eigenvalue weighted by Crippen LogP contribution is 2.38. The van der Waals surface area contributed by atoms with Gasteiger partial charge in [-0.1, -0.05) is 0 Å². The van der Waals surface area contributed by atoms with E-state index in [1.165, 1.54) is 29.2 Å². The molecule has 1 saturated heterocycles. The molecule has 31 heavy (non-hydrogen) atoms. The van der Waals surface area contributed by atoms with E-state index in [2.05, 4.69) is 5.32 Å². The maximum absolute atomic E-state index is 13.6. The first-order valence-corrected chi connectivity index (χ1v) is 9.39. The third kappa shape index (κ3) is 5.05. The largest absolute Gasteiger partial charge is 0.418 e. The second-order valence-corrected chi connectivity index (χ2v) is 7.13. The van der Waals surface area contributed by atoms with Crippen molar-refractivity contribution >= 4 is 28.7 Å². The predicted molar refractivity (Wildman–Crippen MR) is 110 cm³/mol. The van der Waals surface area contributed by atoms with Crippen LogP contribution in [0.5, 0.6) is 0 Å². The smallest absolute Gasteiger partial charge is 0.378 e. The fourth-order valence-corrected chi connectivity index (χ4v) is 3.24. The number of alkyl halides is 3. The Hall–Kier alpha value is -3.34. The first-order chi connectivity index (χ1) is 14.6. The molecule has 0 radical (unpaired) electrons. The SMILES string of the molecule is CN(C)c1ccc(NC(=O)c2cc([N+](=O)[O-])ccc2N2CCOCC2)c(C(F)(F)F)c1. The van der Waals surface area contributed by atoms with Crippen molar-refractivity contribution in [2.75, 3.05) is 55.5 Å². The van der Waals surface area contributed by atoms with E-state index in [4.69, 9.17) is 4.74 Å². The lowest BCUT2D eigenvalue weighted by molar-refractivity contribution is -0.384. The van der Waals surface area contributed by atoms with E-state index in [1.54, 1.807) is 14.1 Å². The molecule has 2 aromatic carbocycles. The summed E-state index contributed by atoms with van der Waals surface area (Å²) in [6, 6.07) is 7.31. The van der Waals surface area contributed by atoms with Crippen LogP contribution in [0.2, 0.25) is 0 Å². The first-order valence-electron chi connectivity index (χ1n) is 9.39. The van der Waals surface area contributed by atoms with E-state index in [1.807, 2.05) is 4.90 Å². The second-order valence-electron chi connectivity index (χ2n) is 7.13. The Morgan fingerprint density at radius 2 is 1.84 bits per heavy atom. The van der Waals surface area contributed by atoms with E-state index in [9.17, 15) is 28.1 Å². The molecule has 166 valence electrons. The van der Waals surface area contributed by atoms with Crippen molar-refractivity contribution in [1.82, 2.24) is 0 Å². The lowest BCUT2D eigenvalue weighted by atomic mass is 10.1. The van der Waals surface area contributed by atoms with Gasteiger partial charge >= 0.3 is 6.18 Å². The number of amides is 1. The van der Waals surface area contributed by atoms with Crippen molar-refractivity contribution in [2.45, 2.75) is 6.18 Å². The molecule has 2 aromatic rings. The van der Waals surface area contributed by atoms with Gasteiger partial charge in [0.25, 0.3) is 11.6 Å². The Bertz CT molecular complexity index is 989. The van der Waals surface area contributed by atoms with E-state index < -0.39 is 28.3 Å². The minimum absolute atomic E-state index is 0.0825. The third-order valence-electron chi connectivity index (χ3n) is 4.86. The second kappa shape index (κ2) is 8.80. The van der Waals surface area contributed by atoms with Gasteiger partial charge in [0.05, 0.1) is 40.6 Å². The average molecular weight is 438 g/mol. The molecule has 0 atom stereocenters. The minimum Gasteiger partial charge on any atom is -0.378 e. The van der Waals surface area contributed by atoms with Crippen LogP contribution in [0.25, 0.3) is 0 Å². The number of rotatable bonds is 5. The molecular weight excluding hydrogens is 417 g/mol. The molecule has 0 spiro atoms. The summed E-state index contributed by atoms with van der Waals surface area (Å²) in [4.78, 5) is 26.8. The number of nitro groups is 1. The molecule has 0 aromatic heterocycles. The summed E-state index contributed by atoms with van der Waals surface area (Å²) in [5.41, 5.74) is -1.14. The normalized spacial score (nSPS) is 14.3. The van der Waals surface area contributed by atoms with Gasteiger partial charge < -0.3 is 19.9 Å². The summed E-state index contributed by atoms with van der Waals surface area (Å²) in [6.45, 7) is 1.71. The lowest BCUT2D eigenvalue weighted by Crippen LogP contribution is -2.37. The molecule has 11 heteroatoms. The zero-order valence-corrected chi connectivity index (χ0v) is 16.9. The fraction of sp³-hybridized carbons (Fsp3) is 0.350. The van der Waals surface area contributed by atoms with Gasteiger partial charge in [-0.25, -0.2) is 0 Å². The van der Waals surface area contributed by atoms with Crippen LogP contribution in [0, 0.1) is 10.1 Å². The van der Waals surface area contributed by atoms with Crippen molar-refractivity contribution in [3.05, 3.63) is 57.6 Å². The van der Waals surface area contributed by atoms with E-state index in [0.29, 0.717) is 37.7 Å². The number of hydrogen-bond acceptors (Lipinski definition) is 6. The molecule has 1 N–H and O–H groups in total. The molecule has 0 bridgehead atoms. The summed E-state index contributed by atoms with van der Waals surface area (Å²) in [6.07, 6.45) is -4.70. The molecular formula is C20H21F3N4O4. The Kier molecular flexibility index (Phi) is 6.34. The fourth-order valence-electron chi connectivity index (χ4n) is 3.24. The van der Waals surface area contributed by atoms with Gasteiger partial charge in [0.2, 0.25) is 0 Å². The molecule has 8 nitrogen and oxygen atoms in total. The Labute approximate surface area is 176 Å². The number of anilines is 3. The minimum atomic E-state index is -4.70. The van der Waals surface area contributed by atoms with E-state index in [0.717, 1.165) is 12.1 Å². The van der Waals surface area contributed by atoms with Gasteiger partial charge in [-0.3, -0.25) is 14.9 Å². The molecule has 1 aliphatic rings. The average Bonchev–Trinajstić information content (AvgIpc) is 2.73. The number of nitrogens with one attached hydrogen (secondary N) is 1. The summed E-state index contributed by atoms with van der Waals surface area (Å²) >= 11 is 0. The number of nitro benzene ring substituents is 1. The molecule has 0 aliphatic carbocycles. The van der Waals surface area contributed by atoms with Crippen LogP contribution in [-0.4, -0.2) is 51.2 Å². The van der Waals surface area contributed by atoms with Gasteiger partial charge in [0, 0.05) is 45.0 Å². The topological polar surface area (TPSA) is 88.0 Å². The van der Waals surface area contributed by atoms with Gasteiger partial charge in [-0.05, 0) is 24.3 Å². The number of nitrogens with zero attached hydrogens (tertiary/aromatic N) is 3. The zero-order chi connectivity index (χ0) is 22.8. The van der Waals surface area contributed by atoms with Gasteiger partial charge in [-0.15, -0.1) is 0 Å². The van der Waals surface area contributed by atoms with E-state index in [-0.39, 0.29) is 11.3 Å². The molecule has 0 unspecified atom stereocenters. The number of halogens is 3. The highest BCUT2D eigenvalue weighted by atomic mass is 19.4. The van der Waals surface area contributed by atoms with E-state index >= 15 is 0 Å². The Balaban J connectivity index is 2.01. The van der Waals surface area contributed by atoms with Crippen molar-refractivity contribution in [2.24, 2.45) is 0 Å². The van der Waals surface area contributed by atoms with Crippen LogP contribution >= 0.6 is 0 Å². The van der Waals surface area contributed by atoms with Crippen LogP contribution < -0.4 is 15.1 Å². The maximum atomic E-state index is 13.6. The zero-order valence-electron chi connectivity index (χ0n) is 16.9. The number of morpholine rings is 1. The summed E-state index contributed by atoms with van der Waals surface area (Å²) < 4.78 is 46.1. The Morgan fingerprint density at radius 1 is 1.16 bits per heavy atom. The van der Waals surface area contributed by atoms with Crippen molar-refractivity contribution in [3.63, 3.8) is 0 Å². The van der Waals surface area contributed by atoms with Crippen LogP contribution in [0.4, 0.5) is 35.9 Å².